The van der Waals surface area contributed by atoms with Crippen LogP contribution in [0.4, 0.5) is 5.82 Å². The molecule has 0 spiro atoms. The Morgan fingerprint density at radius 3 is 2.67 bits per heavy atom. The lowest BCUT2D eigenvalue weighted by molar-refractivity contribution is 0.585. The van der Waals surface area contributed by atoms with E-state index in [-0.39, 0.29) is 24.8 Å². The number of benzene rings is 1. The first kappa shape index (κ1) is 21.7. The average Bonchev–Trinajstić information content (AvgIpc) is 3.10. The smallest absolute Gasteiger partial charge is 0.148 e. The fourth-order valence-electron chi connectivity index (χ4n) is 3.17. The Hall–Kier alpha value is -1.57. The minimum absolute atomic E-state index is 0. The summed E-state index contributed by atoms with van der Waals surface area (Å²) in [5.74, 6) is 0.872. The summed E-state index contributed by atoms with van der Waals surface area (Å²) in [5, 5.41) is 5.07. The van der Waals surface area contributed by atoms with Crippen molar-refractivity contribution in [1.29, 1.82) is 0 Å². The molecular weight excluding hydrogens is 407 g/mol. The van der Waals surface area contributed by atoms with E-state index in [4.69, 9.17) is 22.3 Å². The summed E-state index contributed by atoms with van der Waals surface area (Å²) in [7, 11) is 0. The highest BCUT2D eigenvalue weighted by Crippen LogP contribution is 2.29. The van der Waals surface area contributed by atoms with Gasteiger partial charge in [0.25, 0.3) is 0 Å². The van der Waals surface area contributed by atoms with Crippen LogP contribution in [-0.4, -0.2) is 47.3 Å². The third-order valence-corrected chi connectivity index (χ3v) is 4.76. The van der Waals surface area contributed by atoms with Gasteiger partial charge in [-0.05, 0) is 30.8 Å². The van der Waals surface area contributed by atoms with Crippen molar-refractivity contribution in [3.8, 4) is 5.69 Å². The molecule has 3 heterocycles. The molecule has 2 aromatic heterocycles. The molecule has 27 heavy (non-hydrogen) atoms. The molecule has 0 unspecified atom stereocenters. The SMILES string of the molecule is Cl.Cl.NCCc1cn(-c2ccc3nc(N4CCNCC4)c(Cl)cc3c2)cn1. The average molecular weight is 430 g/mol. The summed E-state index contributed by atoms with van der Waals surface area (Å²) in [5.41, 5.74) is 8.57. The molecule has 3 N–H and O–H groups in total. The molecule has 6 nitrogen and oxygen atoms in total. The second kappa shape index (κ2) is 9.57. The predicted octanol–water partition coefficient (Wildman–Crippen LogP) is 2.83. The van der Waals surface area contributed by atoms with E-state index in [0.717, 1.165) is 60.7 Å². The summed E-state index contributed by atoms with van der Waals surface area (Å²) in [6, 6.07) is 8.18. The molecule has 0 amide bonds. The maximum atomic E-state index is 6.52. The number of fused-ring (bicyclic) bond motifs is 1. The lowest BCUT2D eigenvalue weighted by Gasteiger charge is -2.29. The van der Waals surface area contributed by atoms with Gasteiger partial charge in [0.1, 0.15) is 5.82 Å². The molecular formula is C18H23Cl3N6. The Balaban J connectivity index is 0.00000131. The number of nitrogens with one attached hydrogen (secondary N) is 1. The molecule has 1 fully saturated rings. The summed E-state index contributed by atoms with van der Waals surface area (Å²) in [6.07, 6.45) is 4.61. The number of hydrogen-bond donors (Lipinski definition) is 2. The molecule has 0 saturated carbocycles. The Labute approximate surface area is 175 Å². The van der Waals surface area contributed by atoms with Gasteiger partial charge in [-0.2, -0.15) is 0 Å². The number of pyridine rings is 1. The van der Waals surface area contributed by atoms with Gasteiger partial charge in [-0.25, -0.2) is 9.97 Å². The Kier molecular flexibility index (Phi) is 7.70. The van der Waals surface area contributed by atoms with E-state index >= 15 is 0 Å². The van der Waals surface area contributed by atoms with Crippen molar-refractivity contribution >= 4 is 53.1 Å². The quantitative estimate of drug-likeness (QED) is 0.667. The maximum absolute atomic E-state index is 6.52. The van der Waals surface area contributed by atoms with E-state index in [1.54, 1.807) is 0 Å². The Bertz CT molecular complexity index is 892. The zero-order chi connectivity index (χ0) is 17.2. The normalized spacial score (nSPS) is 13.9. The van der Waals surface area contributed by atoms with E-state index in [9.17, 15) is 0 Å². The van der Waals surface area contributed by atoms with Crippen molar-refractivity contribution in [2.24, 2.45) is 5.73 Å². The first-order valence-corrected chi connectivity index (χ1v) is 8.92. The Morgan fingerprint density at radius 1 is 1.15 bits per heavy atom. The van der Waals surface area contributed by atoms with Gasteiger partial charge in [-0.15, -0.1) is 24.8 Å². The molecule has 1 saturated heterocycles. The number of anilines is 1. The second-order valence-corrected chi connectivity index (χ2v) is 6.63. The summed E-state index contributed by atoms with van der Waals surface area (Å²) < 4.78 is 2.00. The Morgan fingerprint density at radius 2 is 1.93 bits per heavy atom. The number of nitrogens with two attached hydrogens (primary N) is 1. The van der Waals surface area contributed by atoms with E-state index in [1.165, 1.54) is 0 Å². The van der Waals surface area contributed by atoms with Gasteiger partial charge in [0.15, 0.2) is 0 Å². The van der Waals surface area contributed by atoms with Crippen LogP contribution in [-0.2, 0) is 6.42 Å². The van der Waals surface area contributed by atoms with Gasteiger partial charge in [-0.1, -0.05) is 11.6 Å². The van der Waals surface area contributed by atoms with Crippen LogP contribution < -0.4 is 16.0 Å². The van der Waals surface area contributed by atoms with Crippen molar-refractivity contribution in [2.75, 3.05) is 37.6 Å². The molecule has 9 heteroatoms. The number of hydrogen-bond acceptors (Lipinski definition) is 5. The lowest BCUT2D eigenvalue weighted by Crippen LogP contribution is -2.44. The lowest BCUT2D eigenvalue weighted by atomic mass is 10.2. The van der Waals surface area contributed by atoms with Gasteiger partial charge in [-0.3, -0.25) is 0 Å². The minimum Gasteiger partial charge on any atom is -0.353 e. The molecule has 1 aromatic carbocycles. The fourth-order valence-corrected chi connectivity index (χ4v) is 3.45. The van der Waals surface area contributed by atoms with E-state index in [1.807, 2.05) is 29.2 Å². The molecule has 0 bridgehead atoms. The molecule has 0 radical (unpaired) electrons. The molecule has 0 aliphatic carbocycles. The molecule has 1 aliphatic rings. The highest BCUT2D eigenvalue weighted by Gasteiger charge is 2.16. The third kappa shape index (κ3) is 4.65. The number of halogens is 3. The van der Waals surface area contributed by atoms with E-state index in [0.29, 0.717) is 11.6 Å². The number of rotatable bonds is 4. The largest absolute Gasteiger partial charge is 0.353 e. The molecule has 4 rings (SSSR count). The molecule has 1 aliphatic heterocycles. The number of nitrogens with zero attached hydrogens (tertiary/aromatic N) is 4. The van der Waals surface area contributed by atoms with Crippen molar-refractivity contribution in [3.05, 3.63) is 47.5 Å². The summed E-state index contributed by atoms with van der Waals surface area (Å²) >= 11 is 6.52. The van der Waals surface area contributed by atoms with Crippen molar-refractivity contribution in [1.82, 2.24) is 19.9 Å². The van der Waals surface area contributed by atoms with Gasteiger partial charge in [0.2, 0.25) is 0 Å². The van der Waals surface area contributed by atoms with Gasteiger partial charge in [0.05, 0.1) is 22.6 Å². The van der Waals surface area contributed by atoms with Gasteiger partial charge >= 0.3 is 0 Å². The summed E-state index contributed by atoms with van der Waals surface area (Å²) in [4.78, 5) is 11.4. The third-order valence-electron chi connectivity index (χ3n) is 4.48. The first-order chi connectivity index (χ1) is 12.2. The number of piperazine rings is 1. The highest BCUT2D eigenvalue weighted by molar-refractivity contribution is 6.33. The number of aromatic nitrogens is 3. The van der Waals surface area contributed by atoms with Gasteiger partial charge < -0.3 is 20.5 Å². The minimum atomic E-state index is 0. The summed E-state index contributed by atoms with van der Waals surface area (Å²) in [6.45, 7) is 4.37. The van der Waals surface area contributed by atoms with Crippen LogP contribution in [0.1, 0.15) is 5.69 Å². The van der Waals surface area contributed by atoms with Crippen LogP contribution >= 0.6 is 36.4 Å². The van der Waals surface area contributed by atoms with Crippen LogP contribution in [0.25, 0.3) is 16.6 Å². The van der Waals surface area contributed by atoms with Crippen molar-refractivity contribution in [3.63, 3.8) is 0 Å². The van der Waals surface area contributed by atoms with Crippen molar-refractivity contribution < 1.29 is 0 Å². The van der Waals surface area contributed by atoms with Crippen LogP contribution in [0.5, 0.6) is 0 Å². The van der Waals surface area contributed by atoms with Crippen LogP contribution in [0.2, 0.25) is 5.02 Å². The van der Waals surface area contributed by atoms with Gasteiger partial charge in [0, 0.05) is 49.9 Å². The zero-order valence-corrected chi connectivity index (χ0v) is 17.2. The van der Waals surface area contributed by atoms with Crippen LogP contribution in [0.3, 0.4) is 0 Å². The highest BCUT2D eigenvalue weighted by atomic mass is 35.5. The van der Waals surface area contributed by atoms with Crippen LogP contribution in [0, 0.1) is 0 Å². The first-order valence-electron chi connectivity index (χ1n) is 8.54. The molecule has 3 aromatic rings. The predicted molar refractivity (Wildman–Crippen MR) is 116 cm³/mol. The van der Waals surface area contributed by atoms with Crippen molar-refractivity contribution in [2.45, 2.75) is 6.42 Å². The topological polar surface area (TPSA) is 72.0 Å². The van der Waals surface area contributed by atoms with Crippen LogP contribution in [0.15, 0.2) is 36.8 Å². The second-order valence-electron chi connectivity index (χ2n) is 6.22. The standard InChI is InChI=1S/C18H21ClN6.2ClH/c19-16-10-13-9-15(25-11-14(3-4-20)22-12-25)1-2-17(13)23-18(16)24-7-5-21-6-8-24;;/h1-2,9-12,21H,3-8,20H2;2*1H. The monoisotopic (exact) mass is 428 g/mol. The fraction of sp³-hybridized carbons (Fsp3) is 0.333. The van der Waals surface area contributed by atoms with E-state index < -0.39 is 0 Å². The molecule has 0 atom stereocenters. The van der Waals surface area contributed by atoms with E-state index in [2.05, 4.69) is 27.3 Å². The number of imidazole rings is 1. The maximum Gasteiger partial charge on any atom is 0.148 e. The molecule has 146 valence electrons. The zero-order valence-electron chi connectivity index (χ0n) is 14.8.